The van der Waals surface area contributed by atoms with Crippen molar-refractivity contribution in [3.8, 4) is 0 Å². The molecule has 108 valence electrons. The molecular formula is C14H26N2O2Si. The molecule has 0 amide bonds. The molecule has 0 saturated heterocycles. The molecule has 0 heterocycles. The lowest BCUT2D eigenvalue weighted by Gasteiger charge is -2.25. The van der Waals surface area contributed by atoms with E-state index in [-0.39, 0.29) is 0 Å². The van der Waals surface area contributed by atoms with Crippen molar-refractivity contribution < 1.29 is 8.85 Å². The Balaban J connectivity index is 2.29. The van der Waals surface area contributed by atoms with Crippen LogP contribution in [0.2, 0.25) is 12.6 Å². The Morgan fingerprint density at radius 3 is 2.58 bits per heavy atom. The minimum Gasteiger partial charge on any atom is -0.398 e. The molecule has 3 N–H and O–H groups in total. The van der Waals surface area contributed by atoms with Crippen molar-refractivity contribution in [1.29, 1.82) is 0 Å². The number of benzene rings is 1. The number of nitrogens with two attached hydrogens (primary N) is 1. The number of hydrogen-bond acceptors (Lipinski definition) is 4. The molecule has 1 aromatic carbocycles. The summed E-state index contributed by atoms with van der Waals surface area (Å²) in [5, 5.41) is 3.22. The van der Waals surface area contributed by atoms with Crippen molar-refractivity contribution in [2.24, 2.45) is 5.73 Å². The molecule has 1 unspecified atom stereocenters. The fraction of sp³-hybridized carbons (Fsp3) is 0.571. The summed E-state index contributed by atoms with van der Waals surface area (Å²) in [6.07, 6.45) is 1.01. The highest BCUT2D eigenvalue weighted by Crippen LogP contribution is 2.16. The van der Waals surface area contributed by atoms with Crippen molar-refractivity contribution in [2.45, 2.75) is 19.0 Å². The second-order valence-corrected chi connectivity index (χ2v) is 8.18. The normalized spacial score (nSPS) is 14.3. The van der Waals surface area contributed by atoms with Gasteiger partial charge in [0.1, 0.15) is 0 Å². The third kappa shape index (κ3) is 6.84. The monoisotopic (exact) mass is 282 g/mol. The van der Waals surface area contributed by atoms with Crippen molar-refractivity contribution in [2.75, 3.05) is 33.4 Å². The molecule has 1 atom stereocenters. The van der Waals surface area contributed by atoms with Crippen LogP contribution >= 0.6 is 0 Å². The zero-order valence-electron chi connectivity index (χ0n) is 12.0. The lowest BCUT2D eigenvalue weighted by Crippen LogP contribution is -2.40. The number of nitrogens with one attached hydrogen (secondary N) is 1. The smallest absolute Gasteiger partial charge is 0.335 e. The standard InChI is InChI=1S/C14H26N2O2Si/c1-17-19(2,18-12-11-16-10-9-15)13-8-14-6-4-3-5-7-14/h3-7,16H,8-13,15H2,1-2H3. The molecule has 0 saturated carbocycles. The van der Waals surface area contributed by atoms with E-state index >= 15 is 0 Å². The van der Waals surface area contributed by atoms with Gasteiger partial charge < -0.3 is 19.9 Å². The van der Waals surface area contributed by atoms with Crippen LogP contribution in [0, 0.1) is 0 Å². The van der Waals surface area contributed by atoms with E-state index in [9.17, 15) is 0 Å². The van der Waals surface area contributed by atoms with Gasteiger partial charge in [0.2, 0.25) is 0 Å². The van der Waals surface area contributed by atoms with Gasteiger partial charge in [0.15, 0.2) is 0 Å². The van der Waals surface area contributed by atoms with Crippen molar-refractivity contribution in [3.05, 3.63) is 35.9 Å². The lowest BCUT2D eigenvalue weighted by molar-refractivity contribution is 0.205. The van der Waals surface area contributed by atoms with Crippen LogP contribution in [0.25, 0.3) is 0 Å². The Bertz CT molecular complexity index is 337. The van der Waals surface area contributed by atoms with Crippen LogP contribution in [-0.4, -0.2) is 41.9 Å². The highest BCUT2D eigenvalue weighted by molar-refractivity contribution is 6.66. The second kappa shape index (κ2) is 9.22. The first-order valence-electron chi connectivity index (χ1n) is 6.84. The maximum Gasteiger partial charge on any atom is 0.335 e. The minimum absolute atomic E-state index is 0.660. The largest absolute Gasteiger partial charge is 0.398 e. The van der Waals surface area contributed by atoms with Crippen LogP contribution < -0.4 is 11.1 Å². The van der Waals surface area contributed by atoms with E-state index in [1.165, 1.54) is 5.56 Å². The maximum absolute atomic E-state index is 5.96. The van der Waals surface area contributed by atoms with Crippen molar-refractivity contribution in [3.63, 3.8) is 0 Å². The summed E-state index contributed by atoms with van der Waals surface area (Å²) in [5.74, 6) is 0. The zero-order chi connectivity index (χ0) is 14.0. The van der Waals surface area contributed by atoms with Gasteiger partial charge in [-0.25, -0.2) is 0 Å². The predicted molar refractivity (Wildman–Crippen MR) is 81.5 cm³/mol. The third-order valence-corrected chi connectivity index (χ3v) is 5.99. The summed E-state index contributed by atoms with van der Waals surface area (Å²) < 4.78 is 11.6. The van der Waals surface area contributed by atoms with E-state index in [0.717, 1.165) is 25.6 Å². The van der Waals surface area contributed by atoms with Gasteiger partial charge >= 0.3 is 8.56 Å². The van der Waals surface area contributed by atoms with Gasteiger partial charge in [-0.3, -0.25) is 0 Å². The first-order valence-corrected chi connectivity index (χ1v) is 9.36. The molecule has 0 aliphatic carbocycles. The van der Waals surface area contributed by atoms with E-state index < -0.39 is 8.56 Å². The molecular weight excluding hydrogens is 256 g/mol. The third-order valence-electron chi connectivity index (χ3n) is 3.15. The first-order chi connectivity index (χ1) is 9.20. The predicted octanol–water partition coefficient (Wildman–Crippen LogP) is 1.51. The van der Waals surface area contributed by atoms with E-state index in [1.807, 2.05) is 6.07 Å². The Labute approximate surface area is 117 Å². The van der Waals surface area contributed by atoms with E-state index in [4.69, 9.17) is 14.6 Å². The van der Waals surface area contributed by atoms with Gasteiger partial charge in [-0.15, -0.1) is 0 Å². The quantitative estimate of drug-likeness (QED) is 0.504. The molecule has 0 aliphatic heterocycles. The van der Waals surface area contributed by atoms with Crippen LogP contribution in [0.1, 0.15) is 5.56 Å². The Hall–Kier alpha value is -0.723. The molecule has 4 nitrogen and oxygen atoms in total. The van der Waals surface area contributed by atoms with Crippen LogP contribution in [-0.2, 0) is 15.3 Å². The summed E-state index contributed by atoms with van der Waals surface area (Å²) in [6.45, 7) is 5.13. The summed E-state index contributed by atoms with van der Waals surface area (Å²) >= 11 is 0. The van der Waals surface area contributed by atoms with Crippen molar-refractivity contribution in [1.82, 2.24) is 5.32 Å². The summed E-state index contributed by atoms with van der Waals surface area (Å²) in [6, 6.07) is 11.4. The molecule has 0 radical (unpaired) electrons. The van der Waals surface area contributed by atoms with E-state index in [0.29, 0.717) is 13.2 Å². The van der Waals surface area contributed by atoms with Gasteiger partial charge in [-0.05, 0) is 24.6 Å². The van der Waals surface area contributed by atoms with Gasteiger partial charge in [-0.2, -0.15) is 0 Å². The average Bonchev–Trinajstić information content (AvgIpc) is 2.46. The zero-order valence-corrected chi connectivity index (χ0v) is 13.0. The number of aryl methyl sites for hydroxylation is 1. The molecule has 1 aromatic rings. The summed E-state index contributed by atoms with van der Waals surface area (Å²) in [5.41, 5.74) is 6.75. The van der Waals surface area contributed by atoms with E-state index in [2.05, 4.69) is 36.1 Å². The highest BCUT2D eigenvalue weighted by Gasteiger charge is 2.29. The van der Waals surface area contributed by atoms with Gasteiger partial charge in [-0.1, -0.05) is 30.3 Å². The Kier molecular flexibility index (Phi) is 7.93. The molecule has 0 fully saturated rings. The molecule has 5 heteroatoms. The van der Waals surface area contributed by atoms with Gasteiger partial charge in [0.05, 0.1) is 0 Å². The number of rotatable bonds is 10. The molecule has 0 aliphatic rings. The Morgan fingerprint density at radius 2 is 1.95 bits per heavy atom. The molecule has 0 bridgehead atoms. The van der Waals surface area contributed by atoms with Crippen molar-refractivity contribution >= 4 is 8.56 Å². The van der Waals surface area contributed by atoms with Crippen LogP contribution in [0.3, 0.4) is 0 Å². The van der Waals surface area contributed by atoms with Gasteiger partial charge in [0, 0.05) is 33.4 Å². The van der Waals surface area contributed by atoms with Gasteiger partial charge in [0.25, 0.3) is 0 Å². The van der Waals surface area contributed by atoms with Crippen LogP contribution in [0.15, 0.2) is 30.3 Å². The number of hydrogen-bond donors (Lipinski definition) is 2. The first kappa shape index (κ1) is 16.3. The van der Waals surface area contributed by atoms with Crippen LogP contribution in [0.4, 0.5) is 0 Å². The Morgan fingerprint density at radius 1 is 1.21 bits per heavy atom. The maximum atomic E-state index is 5.96. The average molecular weight is 282 g/mol. The lowest BCUT2D eigenvalue weighted by atomic mass is 10.2. The fourth-order valence-corrected chi connectivity index (χ4v) is 3.56. The van der Waals surface area contributed by atoms with E-state index in [1.54, 1.807) is 7.11 Å². The molecule has 0 spiro atoms. The highest BCUT2D eigenvalue weighted by atomic mass is 28.4. The van der Waals surface area contributed by atoms with Crippen LogP contribution in [0.5, 0.6) is 0 Å². The summed E-state index contributed by atoms with van der Waals surface area (Å²) in [7, 11) is -0.283. The topological polar surface area (TPSA) is 56.5 Å². The molecule has 0 aromatic heterocycles. The fourth-order valence-electron chi connectivity index (χ4n) is 1.82. The second-order valence-electron chi connectivity index (χ2n) is 4.71. The molecule has 19 heavy (non-hydrogen) atoms. The summed E-state index contributed by atoms with van der Waals surface area (Å²) in [4.78, 5) is 0. The molecule has 1 rings (SSSR count). The SMILES string of the molecule is CO[Si](C)(CCc1ccccc1)OCCNCCN. The minimum atomic E-state index is -2.04.